The van der Waals surface area contributed by atoms with Crippen LogP contribution < -0.4 is 11.5 Å². The fourth-order valence-electron chi connectivity index (χ4n) is 1.45. The molecule has 4 N–H and O–H groups in total. The van der Waals surface area contributed by atoms with Gasteiger partial charge in [0.1, 0.15) is 23.8 Å². The van der Waals surface area contributed by atoms with Crippen LogP contribution in [-0.2, 0) is 12.3 Å². The molecule has 0 aromatic carbocycles. The van der Waals surface area contributed by atoms with Crippen molar-refractivity contribution in [1.82, 2.24) is 24.7 Å². The second-order valence-corrected chi connectivity index (χ2v) is 4.63. The highest BCUT2D eigenvalue weighted by atomic mass is 32.2. The number of nitrogens with zero attached hydrogens (tertiary/aromatic N) is 5. The highest BCUT2D eigenvalue weighted by Gasteiger charge is 2.07. The van der Waals surface area contributed by atoms with E-state index in [9.17, 15) is 0 Å². The average molecular weight is 265 g/mol. The molecule has 0 aliphatic heterocycles. The van der Waals surface area contributed by atoms with Crippen molar-refractivity contribution in [3.63, 3.8) is 0 Å². The Hall–Kier alpha value is -1.83. The molecular weight excluding hydrogens is 250 g/mol. The zero-order valence-electron chi connectivity index (χ0n) is 10.1. The fraction of sp³-hybridized carbons (Fsp3) is 0.400. The molecule has 0 amide bonds. The minimum absolute atomic E-state index is 0.375. The Kier molecular flexibility index (Phi) is 3.98. The van der Waals surface area contributed by atoms with Gasteiger partial charge >= 0.3 is 0 Å². The van der Waals surface area contributed by atoms with Gasteiger partial charge in [0.25, 0.3) is 0 Å². The molecule has 2 aromatic heterocycles. The van der Waals surface area contributed by atoms with Crippen LogP contribution in [0.2, 0.25) is 0 Å². The number of hydrogen-bond donors (Lipinski definition) is 2. The van der Waals surface area contributed by atoms with Gasteiger partial charge in [-0.1, -0.05) is 18.7 Å². The summed E-state index contributed by atoms with van der Waals surface area (Å²) in [6.07, 6.45) is 2.57. The van der Waals surface area contributed by atoms with Gasteiger partial charge in [0.2, 0.25) is 0 Å². The van der Waals surface area contributed by atoms with Crippen LogP contribution >= 0.6 is 11.8 Å². The van der Waals surface area contributed by atoms with E-state index in [0.717, 1.165) is 18.8 Å². The Morgan fingerprint density at radius 1 is 1.28 bits per heavy atom. The van der Waals surface area contributed by atoms with Crippen molar-refractivity contribution in [3.8, 4) is 0 Å². The topological polar surface area (TPSA) is 109 Å². The third-order valence-corrected chi connectivity index (χ3v) is 3.05. The molecule has 0 saturated carbocycles. The molecule has 7 nitrogen and oxygen atoms in total. The highest BCUT2D eigenvalue weighted by Crippen LogP contribution is 2.20. The van der Waals surface area contributed by atoms with Crippen LogP contribution in [0.5, 0.6) is 0 Å². The van der Waals surface area contributed by atoms with E-state index in [1.807, 2.05) is 4.68 Å². The Morgan fingerprint density at radius 3 is 2.67 bits per heavy atom. The Balaban J connectivity index is 2.04. The van der Waals surface area contributed by atoms with Crippen molar-refractivity contribution in [2.45, 2.75) is 30.8 Å². The van der Waals surface area contributed by atoms with Gasteiger partial charge in [0.15, 0.2) is 5.16 Å². The van der Waals surface area contributed by atoms with Gasteiger partial charge in [0.05, 0.1) is 5.75 Å². The summed E-state index contributed by atoms with van der Waals surface area (Å²) in [6, 6.07) is 1.53. The van der Waals surface area contributed by atoms with E-state index >= 15 is 0 Å². The average Bonchev–Trinajstić information content (AvgIpc) is 2.73. The van der Waals surface area contributed by atoms with Gasteiger partial charge in [-0.15, -0.1) is 0 Å². The minimum atomic E-state index is 0.375. The number of nitrogens with two attached hydrogens (primary N) is 2. The zero-order chi connectivity index (χ0) is 13.0. The molecule has 0 unspecified atom stereocenters. The molecule has 0 atom stereocenters. The van der Waals surface area contributed by atoms with Crippen LogP contribution in [0.15, 0.2) is 17.6 Å². The SMILES string of the molecule is CCCn1ncnc1CSc1nc(N)cc(N)n1. The highest BCUT2D eigenvalue weighted by molar-refractivity contribution is 7.98. The minimum Gasteiger partial charge on any atom is -0.383 e. The van der Waals surface area contributed by atoms with Gasteiger partial charge in [0, 0.05) is 12.6 Å². The molecule has 0 radical (unpaired) electrons. The molecule has 0 fully saturated rings. The summed E-state index contributed by atoms with van der Waals surface area (Å²) in [4.78, 5) is 12.4. The van der Waals surface area contributed by atoms with E-state index in [4.69, 9.17) is 11.5 Å². The van der Waals surface area contributed by atoms with Gasteiger partial charge in [-0.3, -0.25) is 0 Å². The monoisotopic (exact) mass is 265 g/mol. The standard InChI is InChI=1S/C10H15N7S/c1-2-3-17-9(13-6-14-17)5-18-10-15-7(11)4-8(12)16-10/h4,6H,2-3,5H2,1H3,(H4,11,12,15,16). The first-order valence-electron chi connectivity index (χ1n) is 5.58. The maximum absolute atomic E-state index is 5.61. The summed E-state index contributed by atoms with van der Waals surface area (Å²) in [5.74, 6) is 2.29. The lowest BCUT2D eigenvalue weighted by atomic mass is 10.5. The molecule has 96 valence electrons. The van der Waals surface area contributed by atoms with Crippen LogP contribution in [0, 0.1) is 0 Å². The molecule has 8 heteroatoms. The Labute approximate surface area is 109 Å². The molecule has 18 heavy (non-hydrogen) atoms. The number of hydrogen-bond acceptors (Lipinski definition) is 7. The number of thioether (sulfide) groups is 1. The first kappa shape index (κ1) is 12.6. The van der Waals surface area contributed by atoms with Crippen molar-refractivity contribution >= 4 is 23.4 Å². The first-order chi connectivity index (χ1) is 8.69. The Morgan fingerprint density at radius 2 is 2.00 bits per heavy atom. The van der Waals surface area contributed by atoms with Gasteiger partial charge in [-0.2, -0.15) is 5.10 Å². The van der Waals surface area contributed by atoms with Crippen molar-refractivity contribution < 1.29 is 0 Å². The molecule has 0 spiro atoms. The molecule has 2 rings (SSSR count). The smallest absolute Gasteiger partial charge is 0.191 e. The lowest BCUT2D eigenvalue weighted by Gasteiger charge is -2.04. The molecule has 2 heterocycles. The number of rotatable bonds is 5. The van der Waals surface area contributed by atoms with E-state index in [2.05, 4.69) is 27.0 Å². The van der Waals surface area contributed by atoms with Crippen molar-refractivity contribution in [2.24, 2.45) is 0 Å². The van der Waals surface area contributed by atoms with Crippen LogP contribution in [0.25, 0.3) is 0 Å². The quantitative estimate of drug-likeness (QED) is 0.611. The summed E-state index contributed by atoms with van der Waals surface area (Å²) < 4.78 is 1.88. The van der Waals surface area contributed by atoms with Gasteiger partial charge in [-0.05, 0) is 6.42 Å². The second kappa shape index (κ2) is 5.67. The van der Waals surface area contributed by atoms with E-state index in [-0.39, 0.29) is 0 Å². The van der Waals surface area contributed by atoms with Crippen LogP contribution in [0.3, 0.4) is 0 Å². The third kappa shape index (κ3) is 3.10. The van der Waals surface area contributed by atoms with Crippen LogP contribution in [-0.4, -0.2) is 24.7 Å². The summed E-state index contributed by atoms with van der Waals surface area (Å²) in [7, 11) is 0. The largest absolute Gasteiger partial charge is 0.383 e. The molecule has 0 bridgehead atoms. The zero-order valence-corrected chi connectivity index (χ0v) is 10.9. The molecule has 2 aromatic rings. The molecule has 0 aliphatic rings. The summed E-state index contributed by atoms with van der Waals surface area (Å²) >= 11 is 1.44. The van der Waals surface area contributed by atoms with E-state index in [1.54, 1.807) is 6.33 Å². The van der Waals surface area contributed by atoms with Crippen molar-refractivity contribution in [2.75, 3.05) is 11.5 Å². The van der Waals surface area contributed by atoms with Gasteiger partial charge in [-0.25, -0.2) is 19.6 Å². The maximum Gasteiger partial charge on any atom is 0.191 e. The normalized spacial score (nSPS) is 10.7. The molecular formula is C10H15N7S. The number of nitrogen functional groups attached to an aromatic ring is 2. The van der Waals surface area contributed by atoms with Crippen LogP contribution in [0.4, 0.5) is 11.6 Å². The van der Waals surface area contributed by atoms with Crippen LogP contribution in [0.1, 0.15) is 19.2 Å². The first-order valence-corrected chi connectivity index (χ1v) is 6.57. The summed E-state index contributed by atoms with van der Waals surface area (Å²) in [5, 5.41) is 4.71. The Bertz CT molecular complexity index is 504. The lowest BCUT2D eigenvalue weighted by molar-refractivity contribution is 0.581. The van der Waals surface area contributed by atoms with Crippen molar-refractivity contribution in [1.29, 1.82) is 0 Å². The number of anilines is 2. The summed E-state index contributed by atoms with van der Waals surface area (Å²) in [6.45, 7) is 2.95. The molecule has 0 saturated heterocycles. The third-order valence-electron chi connectivity index (χ3n) is 2.21. The predicted molar refractivity (Wildman–Crippen MR) is 70.7 cm³/mol. The lowest BCUT2D eigenvalue weighted by Crippen LogP contribution is -2.05. The molecule has 0 aliphatic carbocycles. The van der Waals surface area contributed by atoms with Gasteiger partial charge < -0.3 is 11.5 Å². The van der Waals surface area contributed by atoms with E-state index < -0.39 is 0 Å². The second-order valence-electron chi connectivity index (χ2n) is 3.69. The number of aromatic nitrogens is 5. The van der Waals surface area contributed by atoms with E-state index in [0.29, 0.717) is 22.5 Å². The summed E-state index contributed by atoms with van der Waals surface area (Å²) in [5.41, 5.74) is 11.2. The van der Waals surface area contributed by atoms with E-state index in [1.165, 1.54) is 17.8 Å². The fourth-order valence-corrected chi connectivity index (χ4v) is 2.28. The number of aryl methyl sites for hydroxylation is 1. The predicted octanol–water partition coefficient (Wildman–Crippen LogP) is 0.935. The van der Waals surface area contributed by atoms with Crippen molar-refractivity contribution in [3.05, 3.63) is 18.2 Å². The maximum atomic E-state index is 5.61.